The number of carbonyl (C=O) groups is 1. The molecule has 2 aliphatic rings. The van der Waals surface area contributed by atoms with E-state index >= 15 is 0 Å². The van der Waals surface area contributed by atoms with Crippen LogP contribution in [0.4, 0.5) is 5.00 Å². The van der Waals surface area contributed by atoms with Gasteiger partial charge in [-0.05, 0) is 31.6 Å². The summed E-state index contributed by atoms with van der Waals surface area (Å²) in [6, 6.07) is 9.91. The fourth-order valence-corrected chi connectivity index (χ4v) is 5.41. The van der Waals surface area contributed by atoms with Crippen LogP contribution in [0.25, 0.3) is 11.1 Å². The van der Waals surface area contributed by atoms with E-state index in [-0.39, 0.29) is 5.97 Å². The summed E-state index contributed by atoms with van der Waals surface area (Å²) in [4.78, 5) is 16.0. The number of aryl methyl sites for hydroxylation is 1. The fraction of sp³-hybridized carbons (Fsp3) is 0.455. The molecular weight excluding hydrogens is 420 g/mol. The summed E-state index contributed by atoms with van der Waals surface area (Å²) < 4.78 is 17.0. The first-order valence-corrected chi connectivity index (χ1v) is 11.5. The standard InChI is InChI=1S/C22H26N2O4S2/c1-3-26-20(25)18-17(16-7-5-4-6-8-16)15(2)30-19(18)23-21(29)24-11-9-22(10-12-24)27-13-14-28-22/h4-8H,3,9-14H2,1-2H3,(H,23,29). The molecule has 8 heteroatoms. The minimum atomic E-state index is -0.442. The third-order valence-electron chi connectivity index (χ3n) is 5.47. The molecule has 4 rings (SSSR count). The lowest BCUT2D eigenvalue weighted by atomic mass is 10.0. The van der Waals surface area contributed by atoms with Gasteiger partial charge in [0.25, 0.3) is 0 Å². The van der Waals surface area contributed by atoms with E-state index in [0.29, 0.717) is 30.5 Å². The van der Waals surface area contributed by atoms with Gasteiger partial charge in [0, 0.05) is 36.4 Å². The molecule has 1 aromatic carbocycles. The zero-order valence-corrected chi connectivity index (χ0v) is 18.9. The molecule has 0 aliphatic carbocycles. The Morgan fingerprint density at radius 1 is 1.23 bits per heavy atom. The van der Waals surface area contributed by atoms with Crippen LogP contribution in [-0.4, -0.2) is 54.7 Å². The number of thiophene rings is 1. The van der Waals surface area contributed by atoms with E-state index in [1.807, 2.05) is 44.2 Å². The molecule has 2 saturated heterocycles. The third-order valence-corrected chi connectivity index (χ3v) is 6.85. The van der Waals surface area contributed by atoms with E-state index in [9.17, 15) is 4.79 Å². The Balaban J connectivity index is 1.56. The number of anilines is 1. The van der Waals surface area contributed by atoms with Gasteiger partial charge in [-0.3, -0.25) is 0 Å². The SMILES string of the molecule is CCOC(=O)c1c(NC(=S)N2CCC3(CC2)OCCO3)sc(C)c1-c1ccccc1. The lowest BCUT2D eigenvalue weighted by molar-refractivity contribution is -0.180. The average Bonchev–Trinajstić information content (AvgIpc) is 3.33. The lowest BCUT2D eigenvalue weighted by Crippen LogP contribution is -2.48. The maximum atomic E-state index is 12.9. The molecule has 0 bridgehead atoms. The van der Waals surface area contributed by atoms with Gasteiger partial charge in [0.05, 0.1) is 19.8 Å². The number of carbonyl (C=O) groups excluding carboxylic acids is 1. The minimum Gasteiger partial charge on any atom is -0.462 e. The summed E-state index contributed by atoms with van der Waals surface area (Å²) in [5.41, 5.74) is 2.43. The molecule has 2 aliphatic heterocycles. The number of hydrogen-bond donors (Lipinski definition) is 1. The Labute approximate surface area is 186 Å². The number of piperidine rings is 1. The van der Waals surface area contributed by atoms with Crippen LogP contribution in [0.5, 0.6) is 0 Å². The number of thiocarbonyl (C=S) groups is 1. The summed E-state index contributed by atoms with van der Waals surface area (Å²) in [6.45, 7) is 6.95. The molecule has 2 aromatic rings. The summed E-state index contributed by atoms with van der Waals surface area (Å²) in [6.07, 6.45) is 1.55. The van der Waals surface area contributed by atoms with Gasteiger partial charge in [0.15, 0.2) is 10.9 Å². The molecular formula is C22H26N2O4S2. The zero-order valence-electron chi connectivity index (χ0n) is 17.2. The number of esters is 1. The van der Waals surface area contributed by atoms with Crippen LogP contribution in [-0.2, 0) is 14.2 Å². The highest BCUT2D eigenvalue weighted by molar-refractivity contribution is 7.80. The van der Waals surface area contributed by atoms with Crippen LogP contribution < -0.4 is 5.32 Å². The number of benzene rings is 1. The van der Waals surface area contributed by atoms with Crippen molar-refractivity contribution in [2.45, 2.75) is 32.5 Å². The number of nitrogens with zero attached hydrogens (tertiary/aromatic N) is 1. The minimum absolute atomic E-state index is 0.319. The van der Waals surface area contributed by atoms with E-state index in [4.69, 9.17) is 26.4 Å². The van der Waals surface area contributed by atoms with Crippen LogP contribution in [0, 0.1) is 6.92 Å². The van der Waals surface area contributed by atoms with Gasteiger partial charge >= 0.3 is 5.97 Å². The molecule has 1 N–H and O–H groups in total. The number of rotatable bonds is 4. The van der Waals surface area contributed by atoms with Crippen molar-refractivity contribution in [3.63, 3.8) is 0 Å². The normalized spacial score (nSPS) is 17.9. The smallest absolute Gasteiger partial charge is 0.341 e. The molecule has 0 atom stereocenters. The van der Waals surface area contributed by atoms with Gasteiger partial charge in [0.1, 0.15) is 10.6 Å². The summed E-state index contributed by atoms with van der Waals surface area (Å²) in [7, 11) is 0. The molecule has 160 valence electrons. The monoisotopic (exact) mass is 446 g/mol. The van der Waals surface area contributed by atoms with Crippen molar-refractivity contribution in [3.05, 3.63) is 40.8 Å². The number of hydrogen-bond acceptors (Lipinski definition) is 6. The van der Waals surface area contributed by atoms with E-state index in [2.05, 4.69) is 10.2 Å². The van der Waals surface area contributed by atoms with Crippen molar-refractivity contribution in [1.29, 1.82) is 0 Å². The molecule has 0 unspecified atom stereocenters. The van der Waals surface area contributed by atoms with Crippen molar-refractivity contribution in [2.24, 2.45) is 0 Å². The summed E-state index contributed by atoms with van der Waals surface area (Å²) >= 11 is 7.21. The second-order valence-electron chi connectivity index (χ2n) is 7.35. The predicted molar refractivity (Wildman–Crippen MR) is 122 cm³/mol. The largest absolute Gasteiger partial charge is 0.462 e. The van der Waals surface area contributed by atoms with E-state index < -0.39 is 5.79 Å². The zero-order chi connectivity index (χ0) is 21.1. The molecule has 0 saturated carbocycles. The average molecular weight is 447 g/mol. The first-order valence-electron chi connectivity index (χ1n) is 10.2. The lowest BCUT2D eigenvalue weighted by Gasteiger charge is -2.38. The van der Waals surface area contributed by atoms with Crippen molar-refractivity contribution in [2.75, 3.05) is 38.2 Å². The molecule has 6 nitrogen and oxygen atoms in total. The van der Waals surface area contributed by atoms with Gasteiger partial charge in [-0.1, -0.05) is 30.3 Å². The fourth-order valence-electron chi connectivity index (χ4n) is 4.00. The Hall–Kier alpha value is -2.00. The molecule has 2 fully saturated rings. The molecule has 0 amide bonds. The molecule has 1 aromatic heterocycles. The number of likely N-dealkylation sites (tertiary alicyclic amines) is 1. The van der Waals surface area contributed by atoms with Crippen LogP contribution in [0.3, 0.4) is 0 Å². The van der Waals surface area contributed by atoms with E-state index in [1.165, 1.54) is 11.3 Å². The van der Waals surface area contributed by atoms with Crippen molar-refractivity contribution in [3.8, 4) is 11.1 Å². The van der Waals surface area contributed by atoms with Gasteiger partial charge < -0.3 is 24.4 Å². The van der Waals surface area contributed by atoms with Crippen LogP contribution in [0.2, 0.25) is 0 Å². The maximum Gasteiger partial charge on any atom is 0.341 e. The highest BCUT2D eigenvalue weighted by Gasteiger charge is 2.40. The first kappa shape index (κ1) is 21.2. The maximum absolute atomic E-state index is 12.9. The molecule has 0 radical (unpaired) electrons. The Kier molecular flexibility index (Phi) is 6.38. The van der Waals surface area contributed by atoms with Gasteiger partial charge in [-0.15, -0.1) is 11.3 Å². The van der Waals surface area contributed by atoms with Gasteiger partial charge in [-0.2, -0.15) is 0 Å². The Morgan fingerprint density at radius 2 is 1.90 bits per heavy atom. The second kappa shape index (κ2) is 9.01. The third kappa shape index (κ3) is 4.23. The number of ether oxygens (including phenoxy) is 3. The molecule has 1 spiro atoms. The van der Waals surface area contributed by atoms with Gasteiger partial charge in [-0.25, -0.2) is 4.79 Å². The van der Waals surface area contributed by atoms with Crippen LogP contribution >= 0.6 is 23.6 Å². The molecule has 30 heavy (non-hydrogen) atoms. The predicted octanol–water partition coefficient (Wildman–Crippen LogP) is 4.44. The van der Waals surface area contributed by atoms with Crippen molar-refractivity contribution < 1.29 is 19.0 Å². The highest BCUT2D eigenvalue weighted by atomic mass is 32.1. The summed E-state index contributed by atoms with van der Waals surface area (Å²) in [5, 5.41) is 4.65. The van der Waals surface area contributed by atoms with Crippen LogP contribution in [0.1, 0.15) is 35.0 Å². The van der Waals surface area contributed by atoms with E-state index in [0.717, 1.165) is 46.9 Å². The first-order chi connectivity index (χ1) is 14.5. The van der Waals surface area contributed by atoms with E-state index in [1.54, 1.807) is 0 Å². The molecule has 3 heterocycles. The van der Waals surface area contributed by atoms with Crippen molar-refractivity contribution in [1.82, 2.24) is 4.90 Å². The second-order valence-corrected chi connectivity index (χ2v) is 8.96. The topological polar surface area (TPSA) is 60.0 Å². The summed E-state index contributed by atoms with van der Waals surface area (Å²) in [5.74, 6) is -0.779. The van der Waals surface area contributed by atoms with Gasteiger partial charge in [0.2, 0.25) is 0 Å². The number of nitrogens with one attached hydrogen (secondary N) is 1. The highest BCUT2D eigenvalue weighted by Crippen LogP contribution is 2.41. The quantitative estimate of drug-likeness (QED) is 0.550. The van der Waals surface area contributed by atoms with Crippen LogP contribution in [0.15, 0.2) is 30.3 Å². The Morgan fingerprint density at radius 3 is 2.53 bits per heavy atom. The van der Waals surface area contributed by atoms with Crippen molar-refractivity contribution >= 4 is 39.6 Å². The Bertz CT molecular complexity index is 913.